The first-order chi connectivity index (χ1) is 15.5. The highest BCUT2D eigenvalue weighted by Crippen LogP contribution is 2.25. The van der Waals surface area contributed by atoms with Gasteiger partial charge in [0.15, 0.2) is 6.61 Å². The molecule has 0 saturated heterocycles. The highest BCUT2D eigenvalue weighted by molar-refractivity contribution is 5.92. The Morgan fingerprint density at radius 1 is 0.938 bits per heavy atom. The van der Waals surface area contributed by atoms with Crippen LogP contribution in [0.2, 0.25) is 0 Å². The summed E-state index contributed by atoms with van der Waals surface area (Å²) in [5.41, 5.74) is 4.45. The van der Waals surface area contributed by atoms with Gasteiger partial charge in [0.1, 0.15) is 11.5 Å². The Labute approximate surface area is 186 Å². The van der Waals surface area contributed by atoms with Gasteiger partial charge in [-0.15, -0.1) is 0 Å². The summed E-state index contributed by atoms with van der Waals surface area (Å²) in [6.45, 7) is 3.82. The minimum Gasteiger partial charge on any atom is -0.497 e. The fourth-order valence-corrected chi connectivity index (χ4v) is 3.09. The summed E-state index contributed by atoms with van der Waals surface area (Å²) in [6, 6.07) is 20.5. The summed E-state index contributed by atoms with van der Waals surface area (Å²) < 4.78 is 16.2. The lowest BCUT2D eigenvalue weighted by molar-refractivity contribution is -0.118. The summed E-state index contributed by atoms with van der Waals surface area (Å²) in [7, 11) is 1.60. The van der Waals surface area contributed by atoms with Gasteiger partial charge in [0, 0.05) is 16.8 Å². The molecular weight excluding hydrogens is 406 g/mol. The lowest BCUT2D eigenvalue weighted by Crippen LogP contribution is -2.20. The molecule has 0 atom stereocenters. The number of aryl methyl sites for hydroxylation is 2. The number of nitrogens with zero attached hydrogens (tertiary/aromatic N) is 2. The molecule has 4 rings (SSSR count). The van der Waals surface area contributed by atoms with Crippen LogP contribution in [0.3, 0.4) is 0 Å². The van der Waals surface area contributed by atoms with Gasteiger partial charge in [-0.05, 0) is 61.9 Å². The molecule has 0 saturated carbocycles. The molecule has 0 fully saturated rings. The Hall–Kier alpha value is -4.13. The molecule has 0 spiro atoms. The van der Waals surface area contributed by atoms with Gasteiger partial charge < -0.3 is 19.3 Å². The molecule has 0 bridgehead atoms. The Morgan fingerprint density at radius 2 is 1.62 bits per heavy atom. The number of hydrogen-bond acceptors (Lipinski definition) is 6. The molecule has 0 aliphatic heterocycles. The first-order valence-electron chi connectivity index (χ1n) is 10.1. The highest BCUT2D eigenvalue weighted by Gasteiger charge is 2.11. The van der Waals surface area contributed by atoms with Crippen LogP contribution in [0.25, 0.3) is 22.8 Å². The minimum atomic E-state index is -0.248. The van der Waals surface area contributed by atoms with Crippen molar-refractivity contribution >= 4 is 11.6 Å². The van der Waals surface area contributed by atoms with Crippen LogP contribution in [-0.2, 0) is 4.79 Å². The van der Waals surface area contributed by atoms with E-state index in [-0.39, 0.29) is 12.5 Å². The SMILES string of the molecule is COc1ccc(NC(=O)COc2ccc(-c3nc(-c4ccc(C)cc4)no3)cc2)c(C)c1. The number of methoxy groups -OCH3 is 1. The fraction of sp³-hybridized carbons (Fsp3) is 0.160. The number of aromatic nitrogens is 2. The molecule has 1 amide bonds. The van der Waals surface area contributed by atoms with Crippen molar-refractivity contribution in [2.45, 2.75) is 13.8 Å². The molecular formula is C25H23N3O4. The molecule has 0 aliphatic carbocycles. The summed E-state index contributed by atoms with van der Waals surface area (Å²) >= 11 is 0. The monoisotopic (exact) mass is 429 g/mol. The smallest absolute Gasteiger partial charge is 0.262 e. The normalized spacial score (nSPS) is 10.6. The van der Waals surface area contributed by atoms with E-state index in [1.54, 1.807) is 31.4 Å². The first kappa shape index (κ1) is 21.1. The van der Waals surface area contributed by atoms with E-state index >= 15 is 0 Å². The molecule has 32 heavy (non-hydrogen) atoms. The molecule has 0 unspecified atom stereocenters. The Balaban J connectivity index is 1.35. The van der Waals surface area contributed by atoms with Crippen molar-refractivity contribution in [1.29, 1.82) is 0 Å². The average Bonchev–Trinajstić information content (AvgIpc) is 3.30. The van der Waals surface area contributed by atoms with E-state index in [1.165, 1.54) is 5.56 Å². The van der Waals surface area contributed by atoms with Gasteiger partial charge in [0.2, 0.25) is 5.82 Å². The number of benzene rings is 3. The van der Waals surface area contributed by atoms with Gasteiger partial charge in [-0.2, -0.15) is 4.98 Å². The van der Waals surface area contributed by atoms with Crippen molar-refractivity contribution in [3.05, 3.63) is 77.9 Å². The predicted molar refractivity (Wildman–Crippen MR) is 122 cm³/mol. The highest BCUT2D eigenvalue weighted by atomic mass is 16.5. The van der Waals surface area contributed by atoms with Gasteiger partial charge in [-0.3, -0.25) is 4.79 Å². The first-order valence-corrected chi connectivity index (χ1v) is 10.1. The van der Waals surface area contributed by atoms with Crippen LogP contribution in [0.5, 0.6) is 11.5 Å². The maximum absolute atomic E-state index is 12.2. The van der Waals surface area contributed by atoms with E-state index in [0.717, 1.165) is 28.1 Å². The lowest BCUT2D eigenvalue weighted by atomic mass is 10.1. The van der Waals surface area contributed by atoms with E-state index in [1.807, 2.05) is 56.3 Å². The van der Waals surface area contributed by atoms with Crippen LogP contribution < -0.4 is 14.8 Å². The standard InChI is InChI=1S/C25H23N3O4/c1-16-4-6-18(7-5-16)24-27-25(32-28-24)19-8-10-20(11-9-19)31-15-23(29)26-22-13-12-21(30-3)14-17(22)2/h4-14H,15H2,1-3H3,(H,26,29). The van der Waals surface area contributed by atoms with Crippen molar-refractivity contribution < 1.29 is 18.8 Å². The Morgan fingerprint density at radius 3 is 2.31 bits per heavy atom. The lowest BCUT2D eigenvalue weighted by Gasteiger charge is -2.11. The molecule has 7 heteroatoms. The van der Waals surface area contributed by atoms with E-state index in [4.69, 9.17) is 14.0 Å². The molecule has 162 valence electrons. The molecule has 0 aliphatic rings. The number of carbonyl (C=O) groups is 1. The van der Waals surface area contributed by atoms with Gasteiger partial charge in [0.05, 0.1) is 7.11 Å². The van der Waals surface area contributed by atoms with Gasteiger partial charge >= 0.3 is 0 Å². The molecule has 1 N–H and O–H groups in total. The zero-order valence-electron chi connectivity index (χ0n) is 18.1. The molecule has 0 radical (unpaired) electrons. The quantitative estimate of drug-likeness (QED) is 0.443. The number of carbonyl (C=O) groups excluding carboxylic acids is 1. The number of ether oxygens (including phenoxy) is 2. The van der Waals surface area contributed by atoms with E-state index in [9.17, 15) is 4.79 Å². The second-order valence-electron chi connectivity index (χ2n) is 7.33. The van der Waals surface area contributed by atoms with Crippen LogP contribution in [0.4, 0.5) is 5.69 Å². The van der Waals surface area contributed by atoms with Crippen LogP contribution >= 0.6 is 0 Å². The topological polar surface area (TPSA) is 86.5 Å². The van der Waals surface area contributed by atoms with Crippen molar-refractivity contribution in [1.82, 2.24) is 10.1 Å². The maximum Gasteiger partial charge on any atom is 0.262 e. The predicted octanol–water partition coefficient (Wildman–Crippen LogP) is 5.05. The minimum absolute atomic E-state index is 0.108. The number of rotatable bonds is 7. The number of amides is 1. The Bertz CT molecular complexity index is 1210. The fourth-order valence-electron chi connectivity index (χ4n) is 3.09. The third kappa shape index (κ3) is 4.95. The van der Waals surface area contributed by atoms with Gasteiger partial charge in [-0.25, -0.2) is 0 Å². The van der Waals surface area contributed by atoms with Crippen molar-refractivity contribution in [2.75, 3.05) is 19.0 Å². The van der Waals surface area contributed by atoms with Crippen molar-refractivity contribution in [3.8, 4) is 34.3 Å². The number of nitrogens with one attached hydrogen (secondary N) is 1. The van der Waals surface area contributed by atoms with E-state index < -0.39 is 0 Å². The summed E-state index contributed by atoms with van der Waals surface area (Å²) in [6.07, 6.45) is 0. The average molecular weight is 429 g/mol. The second-order valence-corrected chi connectivity index (χ2v) is 7.33. The van der Waals surface area contributed by atoms with Crippen molar-refractivity contribution in [3.63, 3.8) is 0 Å². The Kier molecular flexibility index (Phi) is 6.17. The molecule has 3 aromatic carbocycles. The zero-order valence-corrected chi connectivity index (χ0v) is 18.1. The second kappa shape index (κ2) is 9.34. The van der Waals surface area contributed by atoms with Gasteiger partial charge in [0.25, 0.3) is 11.8 Å². The molecule has 4 aromatic rings. The third-order valence-electron chi connectivity index (χ3n) is 4.91. The third-order valence-corrected chi connectivity index (χ3v) is 4.91. The summed E-state index contributed by atoms with van der Waals surface area (Å²) in [5, 5.41) is 6.89. The molecule has 1 heterocycles. The van der Waals surface area contributed by atoms with Crippen molar-refractivity contribution in [2.24, 2.45) is 0 Å². The van der Waals surface area contributed by atoms with Crippen LogP contribution in [0.1, 0.15) is 11.1 Å². The van der Waals surface area contributed by atoms with Crippen LogP contribution in [-0.4, -0.2) is 29.8 Å². The molecule has 1 aromatic heterocycles. The zero-order chi connectivity index (χ0) is 22.5. The van der Waals surface area contributed by atoms with Crippen LogP contribution in [0.15, 0.2) is 71.3 Å². The largest absolute Gasteiger partial charge is 0.497 e. The number of hydrogen-bond donors (Lipinski definition) is 1. The molecule has 7 nitrogen and oxygen atoms in total. The van der Waals surface area contributed by atoms with E-state index in [2.05, 4.69) is 15.5 Å². The van der Waals surface area contributed by atoms with E-state index in [0.29, 0.717) is 17.5 Å². The summed E-state index contributed by atoms with van der Waals surface area (Å²) in [4.78, 5) is 16.7. The summed E-state index contributed by atoms with van der Waals surface area (Å²) in [5.74, 6) is 2.00. The maximum atomic E-state index is 12.2. The van der Waals surface area contributed by atoms with Crippen LogP contribution in [0, 0.1) is 13.8 Å². The number of anilines is 1. The van der Waals surface area contributed by atoms with Gasteiger partial charge in [-0.1, -0.05) is 35.0 Å².